The zero-order valence-corrected chi connectivity index (χ0v) is 15.7. The third-order valence-corrected chi connectivity index (χ3v) is 3.86. The summed E-state index contributed by atoms with van der Waals surface area (Å²) in [5.41, 5.74) is 1.98. The molecule has 7 heteroatoms. The predicted molar refractivity (Wildman–Crippen MR) is 102 cm³/mol. The maximum atomic E-state index is 5.50. The molecule has 2 aromatic rings. The molecule has 0 aliphatic heterocycles. The maximum Gasteiger partial charge on any atom is 0.203 e. The number of nitrogens with one attached hydrogen (secondary N) is 2. The van der Waals surface area contributed by atoms with E-state index in [0.717, 1.165) is 24.2 Å². The summed E-state index contributed by atoms with van der Waals surface area (Å²) in [7, 11) is 6.54. The smallest absolute Gasteiger partial charge is 0.203 e. The molecule has 7 nitrogen and oxygen atoms in total. The van der Waals surface area contributed by atoms with Crippen molar-refractivity contribution < 1.29 is 14.2 Å². The fourth-order valence-corrected chi connectivity index (χ4v) is 2.56. The number of hydrogen-bond donors (Lipinski definition) is 2. The van der Waals surface area contributed by atoms with E-state index in [1.807, 2.05) is 30.3 Å². The highest BCUT2D eigenvalue weighted by Gasteiger charge is 2.15. The number of ether oxygens (including phenoxy) is 3. The summed E-state index contributed by atoms with van der Waals surface area (Å²) in [5.74, 6) is 2.56. The van der Waals surface area contributed by atoms with Crippen molar-refractivity contribution in [2.45, 2.75) is 13.0 Å². The summed E-state index contributed by atoms with van der Waals surface area (Å²) in [6.45, 7) is 1.27. The van der Waals surface area contributed by atoms with Crippen LogP contribution in [0.15, 0.2) is 41.5 Å². The van der Waals surface area contributed by atoms with Crippen LogP contribution in [0, 0.1) is 0 Å². The van der Waals surface area contributed by atoms with E-state index in [1.165, 1.54) is 0 Å². The lowest BCUT2D eigenvalue weighted by Crippen LogP contribution is -2.38. The molecule has 140 valence electrons. The van der Waals surface area contributed by atoms with Gasteiger partial charge in [-0.1, -0.05) is 6.07 Å². The number of rotatable bonds is 8. The van der Waals surface area contributed by atoms with Crippen molar-refractivity contribution in [3.63, 3.8) is 0 Å². The first-order valence-electron chi connectivity index (χ1n) is 8.35. The van der Waals surface area contributed by atoms with Crippen molar-refractivity contribution in [1.29, 1.82) is 0 Å². The number of guanidine groups is 1. The van der Waals surface area contributed by atoms with Crippen LogP contribution < -0.4 is 24.8 Å². The second-order valence-corrected chi connectivity index (χ2v) is 5.42. The number of pyridine rings is 1. The molecule has 0 atom stereocenters. The quantitative estimate of drug-likeness (QED) is 0.555. The van der Waals surface area contributed by atoms with Crippen molar-refractivity contribution in [2.24, 2.45) is 4.99 Å². The zero-order valence-electron chi connectivity index (χ0n) is 15.7. The standard InChI is InChI=1S/C19H26N4O3/c1-20-19(22-12-10-15-7-5-6-11-21-15)23-13-14-8-9-16(24-2)18(26-4)17(14)25-3/h5-9,11H,10,12-13H2,1-4H3,(H2,20,22,23). The molecule has 0 amide bonds. The Morgan fingerprint density at radius 3 is 2.42 bits per heavy atom. The van der Waals surface area contributed by atoms with Gasteiger partial charge in [0, 0.05) is 44.0 Å². The fraction of sp³-hybridized carbons (Fsp3) is 0.368. The molecule has 0 spiro atoms. The summed E-state index contributed by atoms with van der Waals surface area (Å²) in [6, 6.07) is 9.70. The van der Waals surface area contributed by atoms with Gasteiger partial charge < -0.3 is 24.8 Å². The van der Waals surface area contributed by atoms with Gasteiger partial charge in [0.15, 0.2) is 17.5 Å². The summed E-state index contributed by atoms with van der Waals surface area (Å²) in [4.78, 5) is 8.55. The highest BCUT2D eigenvalue weighted by molar-refractivity contribution is 5.79. The van der Waals surface area contributed by atoms with E-state index in [0.29, 0.717) is 29.8 Å². The van der Waals surface area contributed by atoms with E-state index >= 15 is 0 Å². The van der Waals surface area contributed by atoms with Crippen LogP contribution in [0.25, 0.3) is 0 Å². The van der Waals surface area contributed by atoms with Gasteiger partial charge in [0.25, 0.3) is 0 Å². The zero-order chi connectivity index (χ0) is 18.8. The van der Waals surface area contributed by atoms with Gasteiger partial charge in [-0.2, -0.15) is 0 Å². The Kier molecular flexibility index (Phi) is 7.54. The molecule has 0 unspecified atom stereocenters. The number of benzene rings is 1. The molecule has 2 rings (SSSR count). The minimum absolute atomic E-state index is 0.535. The highest BCUT2D eigenvalue weighted by atomic mass is 16.5. The number of methoxy groups -OCH3 is 3. The lowest BCUT2D eigenvalue weighted by Gasteiger charge is -2.17. The molecule has 0 fully saturated rings. The van der Waals surface area contributed by atoms with Gasteiger partial charge in [0.05, 0.1) is 21.3 Å². The Hall–Kier alpha value is -2.96. The minimum atomic E-state index is 0.535. The summed E-state index contributed by atoms with van der Waals surface area (Å²) in [5, 5.41) is 6.56. The number of nitrogens with zero attached hydrogens (tertiary/aromatic N) is 2. The van der Waals surface area contributed by atoms with Gasteiger partial charge in [0.1, 0.15) is 0 Å². The molecule has 1 aromatic carbocycles. The molecule has 0 saturated carbocycles. The van der Waals surface area contributed by atoms with E-state index in [1.54, 1.807) is 34.6 Å². The van der Waals surface area contributed by atoms with Crippen LogP contribution in [0.4, 0.5) is 0 Å². The molecular formula is C19H26N4O3. The van der Waals surface area contributed by atoms with E-state index < -0.39 is 0 Å². The minimum Gasteiger partial charge on any atom is -0.493 e. The average molecular weight is 358 g/mol. The molecule has 1 aromatic heterocycles. The van der Waals surface area contributed by atoms with Gasteiger partial charge in [-0.15, -0.1) is 0 Å². The largest absolute Gasteiger partial charge is 0.493 e. The van der Waals surface area contributed by atoms with Crippen molar-refractivity contribution in [2.75, 3.05) is 34.9 Å². The van der Waals surface area contributed by atoms with Crippen molar-refractivity contribution in [3.8, 4) is 17.2 Å². The molecule has 0 radical (unpaired) electrons. The van der Waals surface area contributed by atoms with Crippen LogP contribution in [-0.4, -0.2) is 45.9 Å². The van der Waals surface area contributed by atoms with Gasteiger partial charge >= 0.3 is 0 Å². The van der Waals surface area contributed by atoms with Crippen molar-refractivity contribution in [3.05, 3.63) is 47.8 Å². The molecule has 0 bridgehead atoms. The fourth-order valence-electron chi connectivity index (χ4n) is 2.56. The Balaban J connectivity index is 1.95. The molecule has 0 aliphatic carbocycles. The lowest BCUT2D eigenvalue weighted by atomic mass is 10.1. The average Bonchev–Trinajstić information content (AvgIpc) is 2.70. The van der Waals surface area contributed by atoms with Crippen LogP contribution >= 0.6 is 0 Å². The Bertz CT molecular complexity index is 720. The number of hydrogen-bond acceptors (Lipinski definition) is 5. The van der Waals surface area contributed by atoms with Crippen LogP contribution in [0.1, 0.15) is 11.3 Å². The van der Waals surface area contributed by atoms with Crippen molar-refractivity contribution in [1.82, 2.24) is 15.6 Å². The normalized spacial score (nSPS) is 11.0. The van der Waals surface area contributed by atoms with Gasteiger partial charge in [-0.3, -0.25) is 9.98 Å². The third-order valence-electron chi connectivity index (χ3n) is 3.86. The molecule has 0 saturated heterocycles. The van der Waals surface area contributed by atoms with E-state index in [-0.39, 0.29) is 0 Å². The summed E-state index contributed by atoms with van der Waals surface area (Å²) in [6.07, 6.45) is 2.62. The second kappa shape index (κ2) is 10.1. The molecule has 1 heterocycles. The van der Waals surface area contributed by atoms with E-state index in [4.69, 9.17) is 14.2 Å². The number of aliphatic imine (C=N–C) groups is 1. The third kappa shape index (κ3) is 5.02. The number of aromatic nitrogens is 1. The first-order chi connectivity index (χ1) is 12.7. The van der Waals surface area contributed by atoms with Crippen molar-refractivity contribution >= 4 is 5.96 Å². The molecular weight excluding hydrogens is 332 g/mol. The van der Waals surface area contributed by atoms with Crippen LogP contribution in [0.3, 0.4) is 0 Å². The second-order valence-electron chi connectivity index (χ2n) is 5.42. The van der Waals surface area contributed by atoms with Crippen LogP contribution in [0.5, 0.6) is 17.2 Å². The Morgan fingerprint density at radius 1 is 1.00 bits per heavy atom. The summed E-state index contributed by atoms with van der Waals surface area (Å²) >= 11 is 0. The predicted octanol–water partition coefficient (Wildman–Crippen LogP) is 2.02. The SMILES string of the molecule is CN=C(NCCc1ccccn1)NCc1ccc(OC)c(OC)c1OC. The Morgan fingerprint density at radius 2 is 1.81 bits per heavy atom. The van der Waals surface area contributed by atoms with Crippen LogP contribution in [-0.2, 0) is 13.0 Å². The first-order valence-corrected chi connectivity index (χ1v) is 8.35. The lowest BCUT2D eigenvalue weighted by molar-refractivity contribution is 0.322. The monoisotopic (exact) mass is 358 g/mol. The Labute approximate surface area is 154 Å². The first kappa shape index (κ1) is 19.4. The van der Waals surface area contributed by atoms with E-state index in [9.17, 15) is 0 Å². The van der Waals surface area contributed by atoms with E-state index in [2.05, 4.69) is 20.6 Å². The summed E-state index contributed by atoms with van der Waals surface area (Å²) < 4.78 is 16.2. The topological polar surface area (TPSA) is 77.0 Å². The highest BCUT2D eigenvalue weighted by Crippen LogP contribution is 2.39. The molecule has 0 aliphatic rings. The maximum absolute atomic E-state index is 5.50. The van der Waals surface area contributed by atoms with Gasteiger partial charge in [-0.05, 0) is 24.3 Å². The van der Waals surface area contributed by atoms with Gasteiger partial charge in [0.2, 0.25) is 5.75 Å². The van der Waals surface area contributed by atoms with Crippen LogP contribution in [0.2, 0.25) is 0 Å². The molecule has 26 heavy (non-hydrogen) atoms. The van der Waals surface area contributed by atoms with Gasteiger partial charge in [-0.25, -0.2) is 0 Å². The molecule has 2 N–H and O–H groups in total.